The van der Waals surface area contributed by atoms with Crippen LogP contribution in [-0.2, 0) is 0 Å². The number of rotatable bonds is 4. The Morgan fingerprint density at radius 3 is 2.55 bits per heavy atom. The summed E-state index contributed by atoms with van der Waals surface area (Å²) in [5.41, 5.74) is 14.8. The summed E-state index contributed by atoms with van der Waals surface area (Å²) in [7, 11) is 0. The highest BCUT2D eigenvalue weighted by molar-refractivity contribution is 7.80. The number of benzene rings is 2. The highest BCUT2D eigenvalue weighted by Gasteiger charge is 2.07. The van der Waals surface area contributed by atoms with E-state index >= 15 is 0 Å². The van der Waals surface area contributed by atoms with E-state index in [2.05, 4.69) is 5.32 Å². The predicted molar refractivity (Wildman–Crippen MR) is 85.3 cm³/mol. The van der Waals surface area contributed by atoms with Crippen molar-refractivity contribution in [3.63, 3.8) is 0 Å². The first kappa shape index (κ1) is 14.0. The minimum Gasteiger partial charge on any atom is -0.389 e. The monoisotopic (exact) mass is 285 g/mol. The zero-order chi connectivity index (χ0) is 14.7. The van der Waals surface area contributed by atoms with Crippen molar-refractivity contribution in [2.75, 3.05) is 5.32 Å². The molecule has 102 valence electrons. The molecule has 2 rings (SSSR count). The molecule has 0 aliphatic heterocycles. The second kappa shape index (κ2) is 5.71. The van der Waals surface area contributed by atoms with Crippen LogP contribution in [0, 0.1) is 6.92 Å². The van der Waals surface area contributed by atoms with Crippen LogP contribution < -0.4 is 16.8 Å². The number of carbonyl (C=O) groups excluding carboxylic acids is 1. The number of thiocarbonyl (C=S) groups is 1. The van der Waals surface area contributed by atoms with Crippen molar-refractivity contribution in [3.8, 4) is 0 Å². The van der Waals surface area contributed by atoms with E-state index in [0.29, 0.717) is 10.6 Å². The largest absolute Gasteiger partial charge is 0.389 e. The van der Waals surface area contributed by atoms with Gasteiger partial charge >= 0.3 is 0 Å². The summed E-state index contributed by atoms with van der Waals surface area (Å²) in [4.78, 5) is 11.5. The van der Waals surface area contributed by atoms with Crippen molar-refractivity contribution >= 4 is 34.5 Å². The van der Waals surface area contributed by atoms with Crippen molar-refractivity contribution in [3.05, 3.63) is 59.2 Å². The van der Waals surface area contributed by atoms with Crippen LogP contribution in [0.25, 0.3) is 0 Å². The van der Waals surface area contributed by atoms with Crippen LogP contribution in [0.3, 0.4) is 0 Å². The lowest BCUT2D eigenvalue weighted by molar-refractivity contribution is 0.100. The Labute approximate surface area is 122 Å². The second-order valence-electron chi connectivity index (χ2n) is 4.48. The maximum atomic E-state index is 11.2. The van der Waals surface area contributed by atoms with Crippen LogP contribution in [0.1, 0.15) is 21.5 Å². The number of carbonyl (C=O) groups is 1. The third-order valence-electron chi connectivity index (χ3n) is 2.87. The van der Waals surface area contributed by atoms with Gasteiger partial charge in [0.1, 0.15) is 4.99 Å². The highest BCUT2D eigenvalue weighted by Crippen LogP contribution is 2.23. The average Bonchev–Trinajstić information content (AvgIpc) is 2.38. The van der Waals surface area contributed by atoms with E-state index < -0.39 is 5.91 Å². The molecule has 20 heavy (non-hydrogen) atoms. The van der Waals surface area contributed by atoms with Crippen LogP contribution in [0.4, 0.5) is 11.4 Å². The average molecular weight is 285 g/mol. The van der Waals surface area contributed by atoms with E-state index in [1.807, 2.05) is 31.2 Å². The molecular weight excluding hydrogens is 270 g/mol. The lowest BCUT2D eigenvalue weighted by Gasteiger charge is -2.12. The van der Waals surface area contributed by atoms with Crippen molar-refractivity contribution in [1.82, 2.24) is 0 Å². The highest BCUT2D eigenvalue weighted by atomic mass is 32.1. The van der Waals surface area contributed by atoms with Gasteiger partial charge in [-0.1, -0.05) is 24.4 Å². The third kappa shape index (κ3) is 3.13. The molecule has 0 fully saturated rings. The maximum absolute atomic E-state index is 11.2. The van der Waals surface area contributed by atoms with Gasteiger partial charge in [0.05, 0.1) is 0 Å². The standard InChI is InChI=1S/C15H15N3OS/c1-9-5-6-12(15(17)20)13(7-9)18-11-4-2-3-10(8-11)14(16)19/h2-8,18H,1H3,(H2,16,19)(H2,17,20). The fourth-order valence-electron chi connectivity index (χ4n) is 1.88. The lowest BCUT2D eigenvalue weighted by Crippen LogP contribution is -2.13. The fraction of sp³-hybridized carbons (Fsp3) is 0.0667. The van der Waals surface area contributed by atoms with Crippen LogP contribution in [-0.4, -0.2) is 10.9 Å². The van der Waals surface area contributed by atoms with Gasteiger partial charge in [0, 0.05) is 22.5 Å². The molecule has 0 radical (unpaired) electrons. The number of nitrogens with one attached hydrogen (secondary N) is 1. The zero-order valence-electron chi connectivity index (χ0n) is 11.0. The molecule has 0 aromatic heterocycles. The Morgan fingerprint density at radius 1 is 1.15 bits per heavy atom. The SMILES string of the molecule is Cc1ccc(C(N)=S)c(Nc2cccc(C(N)=O)c2)c1. The fourth-order valence-corrected chi connectivity index (χ4v) is 2.06. The molecule has 0 atom stereocenters. The first-order valence-electron chi connectivity index (χ1n) is 6.04. The van der Waals surface area contributed by atoms with Gasteiger partial charge in [-0.3, -0.25) is 4.79 Å². The van der Waals surface area contributed by atoms with Gasteiger partial charge in [0.15, 0.2) is 0 Å². The number of primary amides is 1. The molecular formula is C15H15N3OS. The number of amides is 1. The topological polar surface area (TPSA) is 81.1 Å². The molecule has 0 heterocycles. The minimum absolute atomic E-state index is 0.318. The van der Waals surface area contributed by atoms with Crippen LogP contribution in [0.5, 0.6) is 0 Å². The van der Waals surface area contributed by atoms with Gasteiger partial charge in [-0.25, -0.2) is 0 Å². The first-order valence-corrected chi connectivity index (χ1v) is 6.45. The molecule has 5 heteroatoms. The van der Waals surface area contributed by atoms with Crippen molar-refractivity contribution in [2.24, 2.45) is 11.5 Å². The van der Waals surface area contributed by atoms with E-state index in [9.17, 15) is 4.79 Å². The van der Waals surface area contributed by atoms with E-state index in [4.69, 9.17) is 23.7 Å². The quantitative estimate of drug-likeness (QED) is 0.754. The molecule has 0 unspecified atom stereocenters. The number of aryl methyl sites for hydroxylation is 1. The zero-order valence-corrected chi connectivity index (χ0v) is 11.8. The number of anilines is 2. The van der Waals surface area contributed by atoms with Gasteiger partial charge in [0.2, 0.25) is 5.91 Å². The van der Waals surface area contributed by atoms with Gasteiger partial charge < -0.3 is 16.8 Å². The molecule has 0 saturated heterocycles. The Hall–Kier alpha value is -2.40. The Bertz CT molecular complexity index is 683. The minimum atomic E-state index is -0.465. The molecule has 2 aromatic carbocycles. The molecule has 0 aliphatic rings. The molecule has 4 nitrogen and oxygen atoms in total. The van der Waals surface area contributed by atoms with E-state index in [-0.39, 0.29) is 0 Å². The molecule has 0 spiro atoms. The van der Waals surface area contributed by atoms with Crippen molar-refractivity contribution in [2.45, 2.75) is 6.92 Å². The lowest BCUT2D eigenvalue weighted by atomic mass is 10.1. The van der Waals surface area contributed by atoms with Crippen LogP contribution in [0.15, 0.2) is 42.5 Å². The summed E-state index contributed by atoms with van der Waals surface area (Å²) in [6, 6.07) is 12.7. The number of hydrogen-bond acceptors (Lipinski definition) is 3. The van der Waals surface area contributed by atoms with E-state index in [0.717, 1.165) is 22.5 Å². The molecule has 0 aliphatic carbocycles. The molecule has 2 aromatic rings. The molecule has 1 amide bonds. The normalized spacial score (nSPS) is 10.1. The van der Waals surface area contributed by atoms with Gasteiger partial charge in [0.25, 0.3) is 0 Å². The molecule has 0 saturated carbocycles. The Kier molecular flexibility index (Phi) is 4.00. The van der Waals surface area contributed by atoms with Gasteiger partial charge in [-0.15, -0.1) is 0 Å². The van der Waals surface area contributed by atoms with Crippen molar-refractivity contribution < 1.29 is 4.79 Å². The smallest absolute Gasteiger partial charge is 0.248 e. The summed E-state index contributed by atoms with van der Waals surface area (Å²) in [5, 5.41) is 3.21. The Morgan fingerprint density at radius 2 is 1.90 bits per heavy atom. The maximum Gasteiger partial charge on any atom is 0.248 e. The summed E-state index contributed by atoms with van der Waals surface area (Å²) in [6.45, 7) is 1.98. The van der Waals surface area contributed by atoms with Crippen molar-refractivity contribution in [1.29, 1.82) is 0 Å². The van der Waals surface area contributed by atoms with Gasteiger partial charge in [-0.2, -0.15) is 0 Å². The molecule has 0 bridgehead atoms. The summed E-state index contributed by atoms with van der Waals surface area (Å²) >= 11 is 5.04. The van der Waals surface area contributed by atoms with E-state index in [1.165, 1.54) is 0 Å². The summed E-state index contributed by atoms with van der Waals surface area (Å²) in [5.74, 6) is -0.465. The number of nitrogens with two attached hydrogens (primary N) is 2. The predicted octanol–water partition coefficient (Wildman–Crippen LogP) is 2.47. The Balaban J connectivity index is 2.39. The second-order valence-corrected chi connectivity index (χ2v) is 4.92. The number of hydrogen-bond donors (Lipinski definition) is 3. The molecule has 5 N–H and O–H groups in total. The first-order chi connectivity index (χ1) is 9.47. The van der Waals surface area contributed by atoms with Crippen LogP contribution in [0.2, 0.25) is 0 Å². The third-order valence-corrected chi connectivity index (χ3v) is 3.09. The summed E-state index contributed by atoms with van der Waals surface area (Å²) < 4.78 is 0. The summed E-state index contributed by atoms with van der Waals surface area (Å²) in [6.07, 6.45) is 0. The van der Waals surface area contributed by atoms with Gasteiger partial charge in [-0.05, 0) is 42.8 Å². The van der Waals surface area contributed by atoms with Crippen LogP contribution >= 0.6 is 12.2 Å². The van der Waals surface area contributed by atoms with E-state index in [1.54, 1.807) is 18.2 Å².